The standard InChI is InChI=1S/C16H15IN4O3S/c1-8-14-10(6-18-15(8)17)20-16(21-14)25-7-13(23)19-9-3-4-12(24-2)11(22)5-9/h3-6,22H,7H2,1-2H3,(H,19,23)(H,20,21). The van der Waals surface area contributed by atoms with Gasteiger partial charge in [-0.3, -0.25) is 4.79 Å². The van der Waals surface area contributed by atoms with Crippen LogP contribution >= 0.6 is 34.4 Å². The molecule has 0 fully saturated rings. The summed E-state index contributed by atoms with van der Waals surface area (Å²) in [5, 5.41) is 13.1. The first-order chi connectivity index (χ1) is 12.0. The highest BCUT2D eigenvalue weighted by Crippen LogP contribution is 2.29. The second kappa shape index (κ2) is 7.48. The number of phenolic OH excluding ortho intramolecular Hbond substituents is 1. The van der Waals surface area contributed by atoms with Crippen molar-refractivity contribution in [2.45, 2.75) is 12.1 Å². The van der Waals surface area contributed by atoms with Crippen molar-refractivity contribution in [2.24, 2.45) is 0 Å². The zero-order chi connectivity index (χ0) is 18.0. The highest BCUT2D eigenvalue weighted by molar-refractivity contribution is 14.1. The van der Waals surface area contributed by atoms with E-state index in [9.17, 15) is 9.90 Å². The number of H-pyrrole nitrogens is 1. The van der Waals surface area contributed by atoms with Gasteiger partial charge in [0, 0.05) is 17.3 Å². The van der Waals surface area contributed by atoms with Gasteiger partial charge in [-0.15, -0.1) is 0 Å². The lowest BCUT2D eigenvalue weighted by atomic mass is 10.3. The number of fused-ring (bicyclic) bond motifs is 1. The number of phenols is 1. The van der Waals surface area contributed by atoms with Crippen LogP contribution in [0.25, 0.3) is 11.0 Å². The minimum absolute atomic E-state index is 0.0252. The Hall–Kier alpha value is -2.01. The number of imidazole rings is 1. The first-order valence-electron chi connectivity index (χ1n) is 7.28. The molecule has 0 atom stereocenters. The van der Waals surface area contributed by atoms with E-state index in [-0.39, 0.29) is 17.4 Å². The van der Waals surface area contributed by atoms with Crippen LogP contribution in [0.5, 0.6) is 11.5 Å². The number of hydrogen-bond donors (Lipinski definition) is 3. The number of halogens is 1. The van der Waals surface area contributed by atoms with Crippen LogP contribution in [-0.4, -0.2) is 38.8 Å². The van der Waals surface area contributed by atoms with E-state index in [0.29, 0.717) is 16.6 Å². The van der Waals surface area contributed by atoms with Crippen molar-refractivity contribution in [3.63, 3.8) is 0 Å². The smallest absolute Gasteiger partial charge is 0.234 e. The molecule has 1 amide bonds. The van der Waals surface area contributed by atoms with Crippen LogP contribution in [-0.2, 0) is 4.79 Å². The highest BCUT2D eigenvalue weighted by atomic mass is 127. The van der Waals surface area contributed by atoms with Gasteiger partial charge in [-0.2, -0.15) is 0 Å². The fourth-order valence-corrected chi connectivity index (χ4v) is 3.31. The quantitative estimate of drug-likeness (QED) is 0.301. The average molecular weight is 470 g/mol. The number of pyridine rings is 1. The monoisotopic (exact) mass is 470 g/mol. The Bertz CT molecular complexity index is 945. The molecule has 3 aromatic rings. The summed E-state index contributed by atoms with van der Waals surface area (Å²) in [6, 6.07) is 4.70. The molecular formula is C16H15IN4O3S. The van der Waals surface area contributed by atoms with Crippen molar-refractivity contribution in [3.8, 4) is 11.5 Å². The molecule has 3 rings (SSSR count). The van der Waals surface area contributed by atoms with E-state index in [1.54, 1.807) is 18.3 Å². The highest BCUT2D eigenvalue weighted by Gasteiger charge is 2.11. The summed E-state index contributed by atoms with van der Waals surface area (Å²) in [6.07, 6.45) is 1.71. The Morgan fingerprint density at radius 2 is 2.28 bits per heavy atom. The summed E-state index contributed by atoms with van der Waals surface area (Å²) in [6.45, 7) is 1.98. The van der Waals surface area contributed by atoms with E-state index >= 15 is 0 Å². The summed E-state index contributed by atoms with van der Waals surface area (Å²) in [5.41, 5.74) is 3.25. The van der Waals surface area contributed by atoms with E-state index in [1.807, 2.05) is 6.92 Å². The van der Waals surface area contributed by atoms with Crippen molar-refractivity contribution >= 4 is 57.0 Å². The van der Waals surface area contributed by atoms with Gasteiger partial charge in [-0.25, -0.2) is 9.97 Å². The van der Waals surface area contributed by atoms with Crippen LogP contribution < -0.4 is 10.1 Å². The maximum absolute atomic E-state index is 12.1. The van der Waals surface area contributed by atoms with Crippen molar-refractivity contribution in [1.29, 1.82) is 0 Å². The number of methoxy groups -OCH3 is 1. The molecule has 0 spiro atoms. The van der Waals surface area contributed by atoms with Gasteiger partial charge in [0.15, 0.2) is 16.7 Å². The zero-order valence-corrected chi connectivity index (χ0v) is 16.4. The average Bonchev–Trinajstić information content (AvgIpc) is 3.01. The number of aromatic hydroxyl groups is 1. The Balaban J connectivity index is 1.64. The van der Waals surface area contributed by atoms with Gasteiger partial charge in [0.25, 0.3) is 0 Å². The number of aryl methyl sites for hydroxylation is 1. The third-order valence-corrected chi connectivity index (χ3v) is 5.46. The Morgan fingerprint density at radius 3 is 3.00 bits per heavy atom. The molecule has 9 heteroatoms. The Labute approximate surface area is 161 Å². The molecule has 0 bridgehead atoms. The predicted octanol–water partition coefficient (Wildman–Crippen LogP) is 3.32. The Morgan fingerprint density at radius 1 is 1.48 bits per heavy atom. The van der Waals surface area contributed by atoms with Gasteiger partial charge in [-0.1, -0.05) is 11.8 Å². The molecule has 2 heterocycles. The number of thioether (sulfide) groups is 1. The minimum atomic E-state index is -0.195. The summed E-state index contributed by atoms with van der Waals surface area (Å²) >= 11 is 3.48. The summed E-state index contributed by atoms with van der Waals surface area (Å²) in [5.74, 6) is 0.325. The van der Waals surface area contributed by atoms with Gasteiger partial charge in [-0.05, 0) is 41.6 Å². The minimum Gasteiger partial charge on any atom is -0.504 e. The number of benzene rings is 1. The number of aromatic amines is 1. The maximum Gasteiger partial charge on any atom is 0.234 e. The number of anilines is 1. The van der Waals surface area contributed by atoms with Crippen molar-refractivity contribution in [1.82, 2.24) is 15.0 Å². The summed E-state index contributed by atoms with van der Waals surface area (Å²) < 4.78 is 5.89. The lowest BCUT2D eigenvalue weighted by Crippen LogP contribution is -2.14. The van der Waals surface area contributed by atoms with Crippen LogP contribution in [0.1, 0.15) is 5.56 Å². The summed E-state index contributed by atoms with van der Waals surface area (Å²) in [4.78, 5) is 24.0. The molecule has 0 aliphatic rings. The van der Waals surface area contributed by atoms with Crippen LogP contribution in [0.3, 0.4) is 0 Å². The van der Waals surface area contributed by atoms with Crippen LogP contribution in [0.15, 0.2) is 29.6 Å². The van der Waals surface area contributed by atoms with Crippen LogP contribution in [0.2, 0.25) is 0 Å². The molecule has 7 nitrogen and oxygen atoms in total. The SMILES string of the molecule is COc1ccc(NC(=O)CSc2nc3cnc(I)c(C)c3[nH]2)cc1O. The molecule has 0 saturated carbocycles. The number of amides is 1. The van der Waals surface area contributed by atoms with E-state index in [1.165, 1.54) is 24.9 Å². The predicted molar refractivity (Wildman–Crippen MR) is 105 cm³/mol. The number of ether oxygens (including phenoxy) is 1. The van der Waals surface area contributed by atoms with Gasteiger partial charge >= 0.3 is 0 Å². The number of aromatic nitrogens is 3. The molecule has 130 valence electrons. The van der Waals surface area contributed by atoms with Crippen molar-refractivity contribution < 1.29 is 14.6 Å². The molecule has 3 N–H and O–H groups in total. The van der Waals surface area contributed by atoms with Gasteiger partial charge in [0.2, 0.25) is 5.91 Å². The fourth-order valence-electron chi connectivity index (χ4n) is 2.23. The van der Waals surface area contributed by atoms with E-state index in [2.05, 4.69) is 42.9 Å². The third kappa shape index (κ3) is 3.98. The molecule has 0 aliphatic carbocycles. The fraction of sp³-hybridized carbons (Fsp3) is 0.188. The molecule has 0 radical (unpaired) electrons. The van der Waals surface area contributed by atoms with Crippen LogP contribution in [0, 0.1) is 10.6 Å². The normalized spacial score (nSPS) is 10.8. The van der Waals surface area contributed by atoms with E-state index in [0.717, 1.165) is 20.3 Å². The molecule has 0 unspecified atom stereocenters. The summed E-state index contributed by atoms with van der Waals surface area (Å²) in [7, 11) is 1.47. The molecule has 0 saturated heterocycles. The number of carbonyl (C=O) groups is 1. The largest absolute Gasteiger partial charge is 0.504 e. The van der Waals surface area contributed by atoms with Crippen LogP contribution in [0.4, 0.5) is 5.69 Å². The number of nitrogens with zero attached hydrogens (tertiary/aromatic N) is 2. The Kier molecular flexibility index (Phi) is 5.33. The molecule has 25 heavy (non-hydrogen) atoms. The maximum atomic E-state index is 12.1. The number of rotatable bonds is 5. The lowest BCUT2D eigenvalue weighted by Gasteiger charge is -2.07. The molecular weight excluding hydrogens is 455 g/mol. The van der Waals surface area contributed by atoms with E-state index < -0.39 is 0 Å². The zero-order valence-electron chi connectivity index (χ0n) is 13.5. The van der Waals surface area contributed by atoms with Crippen molar-refractivity contribution in [2.75, 3.05) is 18.2 Å². The molecule has 2 aromatic heterocycles. The number of carbonyl (C=O) groups excluding carboxylic acids is 1. The van der Waals surface area contributed by atoms with Crippen molar-refractivity contribution in [3.05, 3.63) is 33.7 Å². The topological polar surface area (TPSA) is 100 Å². The van der Waals surface area contributed by atoms with Gasteiger partial charge in [0.05, 0.1) is 24.6 Å². The third-order valence-electron chi connectivity index (χ3n) is 3.50. The lowest BCUT2D eigenvalue weighted by molar-refractivity contribution is -0.113. The number of nitrogens with one attached hydrogen (secondary N) is 2. The molecule has 1 aromatic carbocycles. The first-order valence-corrected chi connectivity index (χ1v) is 9.35. The second-order valence-electron chi connectivity index (χ2n) is 5.20. The molecule has 0 aliphatic heterocycles. The number of hydrogen-bond acceptors (Lipinski definition) is 6. The first kappa shape index (κ1) is 17.8. The van der Waals surface area contributed by atoms with E-state index in [4.69, 9.17) is 4.74 Å². The second-order valence-corrected chi connectivity index (χ2v) is 7.19. The van der Waals surface area contributed by atoms with Gasteiger partial charge in [0.1, 0.15) is 9.22 Å². The van der Waals surface area contributed by atoms with Gasteiger partial charge < -0.3 is 20.1 Å².